The van der Waals surface area contributed by atoms with Crippen LogP contribution in [0.15, 0.2) is 42.7 Å². The highest BCUT2D eigenvalue weighted by atomic mass is 15.0. The fourth-order valence-electron chi connectivity index (χ4n) is 2.35. The molecule has 0 spiro atoms. The van der Waals surface area contributed by atoms with Crippen LogP contribution in [0.1, 0.15) is 18.1 Å². The van der Waals surface area contributed by atoms with Crippen molar-refractivity contribution in [2.24, 2.45) is 0 Å². The predicted molar refractivity (Wildman–Crippen MR) is 79.2 cm³/mol. The van der Waals surface area contributed by atoms with Crippen molar-refractivity contribution in [2.45, 2.75) is 20.3 Å². The number of nitrogens with zero attached hydrogens (tertiary/aromatic N) is 2. The van der Waals surface area contributed by atoms with Crippen LogP contribution in [-0.2, 0) is 6.42 Å². The molecule has 19 heavy (non-hydrogen) atoms. The smallest absolute Gasteiger partial charge is 0.140 e. The van der Waals surface area contributed by atoms with Crippen LogP contribution in [0.3, 0.4) is 0 Å². The minimum Gasteiger partial charge on any atom is -0.398 e. The number of pyridine rings is 1. The topological polar surface area (TPSA) is 43.3 Å². The molecule has 2 N–H and O–H groups in total. The monoisotopic (exact) mass is 251 g/mol. The van der Waals surface area contributed by atoms with Crippen molar-refractivity contribution >= 4 is 11.3 Å². The van der Waals surface area contributed by atoms with Gasteiger partial charge in [0.1, 0.15) is 5.65 Å². The first kappa shape index (κ1) is 11.8. The third-order valence-electron chi connectivity index (χ3n) is 3.41. The van der Waals surface area contributed by atoms with Gasteiger partial charge in [0.25, 0.3) is 0 Å². The van der Waals surface area contributed by atoms with E-state index in [-0.39, 0.29) is 0 Å². The molecule has 0 atom stereocenters. The van der Waals surface area contributed by atoms with Crippen LogP contribution < -0.4 is 5.73 Å². The SMILES string of the molecule is CCc1ccc(-c2cn3cc(N)cc(C)c3n2)cc1. The maximum Gasteiger partial charge on any atom is 0.140 e. The van der Waals surface area contributed by atoms with E-state index in [1.54, 1.807) is 0 Å². The van der Waals surface area contributed by atoms with E-state index in [2.05, 4.69) is 36.2 Å². The molecule has 0 aliphatic rings. The van der Waals surface area contributed by atoms with Gasteiger partial charge in [-0.05, 0) is 30.5 Å². The maximum absolute atomic E-state index is 5.86. The zero-order valence-corrected chi connectivity index (χ0v) is 11.2. The van der Waals surface area contributed by atoms with Gasteiger partial charge < -0.3 is 10.1 Å². The fraction of sp³-hybridized carbons (Fsp3) is 0.188. The normalized spacial score (nSPS) is 11.1. The lowest BCUT2D eigenvalue weighted by atomic mass is 10.1. The lowest BCUT2D eigenvalue weighted by molar-refractivity contribution is 1.14. The summed E-state index contributed by atoms with van der Waals surface area (Å²) in [4.78, 5) is 4.69. The third-order valence-corrected chi connectivity index (χ3v) is 3.41. The first-order valence-electron chi connectivity index (χ1n) is 6.51. The zero-order valence-electron chi connectivity index (χ0n) is 11.2. The summed E-state index contributed by atoms with van der Waals surface area (Å²) in [7, 11) is 0. The molecule has 2 heterocycles. The van der Waals surface area contributed by atoms with Crippen LogP contribution in [0, 0.1) is 6.92 Å². The highest BCUT2D eigenvalue weighted by Gasteiger charge is 2.07. The molecule has 0 aliphatic heterocycles. The van der Waals surface area contributed by atoms with Gasteiger partial charge in [-0.2, -0.15) is 0 Å². The molecule has 0 amide bonds. The molecule has 0 unspecified atom stereocenters. The Kier molecular flexibility index (Phi) is 2.75. The summed E-state index contributed by atoms with van der Waals surface area (Å²) < 4.78 is 1.99. The second-order valence-electron chi connectivity index (χ2n) is 4.86. The predicted octanol–water partition coefficient (Wildman–Crippen LogP) is 3.45. The molecule has 3 heteroatoms. The van der Waals surface area contributed by atoms with E-state index in [0.29, 0.717) is 0 Å². The second-order valence-corrected chi connectivity index (χ2v) is 4.86. The molecule has 3 aromatic rings. The van der Waals surface area contributed by atoms with Crippen LogP contribution in [0.5, 0.6) is 0 Å². The van der Waals surface area contributed by atoms with Crippen molar-refractivity contribution in [3.63, 3.8) is 0 Å². The molecule has 3 rings (SSSR count). The van der Waals surface area contributed by atoms with E-state index in [9.17, 15) is 0 Å². The summed E-state index contributed by atoms with van der Waals surface area (Å²) in [6.07, 6.45) is 4.99. The number of benzene rings is 1. The van der Waals surface area contributed by atoms with Gasteiger partial charge in [0.05, 0.1) is 5.69 Å². The van der Waals surface area contributed by atoms with Crippen molar-refractivity contribution < 1.29 is 0 Å². The number of aromatic nitrogens is 2. The molecule has 3 nitrogen and oxygen atoms in total. The Morgan fingerprint density at radius 1 is 1.16 bits per heavy atom. The Hall–Kier alpha value is -2.29. The summed E-state index contributed by atoms with van der Waals surface area (Å²) in [5, 5.41) is 0. The van der Waals surface area contributed by atoms with Gasteiger partial charge in [0.15, 0.2) is 0 Å². The van der Waals surface area contributed by atoms with E-state index >= 15 is 0 Å². The number of hydrogen-bond donors (Lipinski definition) is 1. The first-order valence-corrected chi connectivity index (χ1v) is 6.51. The quantitative estimate of drug-likeness (QED) is 0.758. The molecule has 0 fully saturated rings. The van der Waals surface area contributed by atoms with Crippen LogP contribution in [0.4, 0.5) is 5.69 Å². The molecule has 96 valence electrons. The van der Waals surface area contributed by atoms with Crippen molar-refractivity contribution in [1.29, 1.82) is 0 Å². The molecule has 0 aliphatic carbocycles. The average Bonchev–Trinajstić information content (AvgIpc) is 2.83. The van der Waals surface area contributed by atoms with Crippen molar-refractivity contribution in [1.82, 2.24) is 9.38 Å². The molecule has 0 saturated carbocycles. The number of imidazole rings is 1. The van der Waals surface area contributed by atoms with E-state index < -0.39 is 0 Å². The number of aryl methyl sites for hydroxylation is 2. The van der Waals surface area contributed by atoms with Gasteiger partial charge in [0, 0.05) is 23.6 Å². The zero-order chi connectivity index (χ0) is 13.4. The lowest BCUT2D eigenvalue weighted by Crippen LogP contribution is -1.92. The van der Waals surface area contributed by atoms with Gasteiger partial charge in [0.2, 0.25) is 0 Å². The Morgan fingerprint density at radius 2 is 1.89 bits per heavy atom. The van der Waals surface area contributed by atoms with E-state index in [0.717, 1.165) is 34.6 Å². The summed E-state index contributed by atoms with van der Waals surface area (Å²) in [5.41, 5.74) is 12.1. The van der Waals surface area contributed by atoms with Crippen molar-refractivity contribution in [3.05, 3.63) is 53.9 Å². The van der Waals surface area contributed by atoms with Gasteiger partial charge in [-0.15, -0.1) is 0 Å². The number of hydrogen-bond acceptors (Lipinski definition) is 2. The highest BCUT2D eigenvalue weighted by molar-refractivity contribution is 5.65. The Bertz CT molecular complexity index is 724. The van der Waals surface area contributed by atoms with Crippen LogP contribution in [-0.4, -0.2) is 9.38 Å². The largest absolute Gasteiger partial charge is 0.398 e. The van der Waals surface area contributed by atoms with Crippen molar-refractivity contribution in [3.8, 4) is 11.3 Å². The standard InChI is InChI=1S/C16H17N3/c1-3-12-4-6-13(7-5-12)15-10-19-9-14(17)8-11(2)16(19)18-15/h4-10H,3,17H2,1-2H3. The Labute approximate surface area is 112 Å². The second kappa shape index (κ2) is 4.43. The molecular formula is C16H17N3. The van der Waals surface area contributed by atoms with Crippen LogP contribution in [0.2, 0.25) is 0 Å². The number of anilines is 1. The number of rotatable bonds is 2. The maximum atomic E-state index is 5.86. The fourth-order valence-corrected chi connectivity index (χ4v) is 2.35. The minimum atomic E-state index is 0.760. The number of nitrogens with two attached hydrogens (primary N) is 1. The molecule has 2 aromatic heterocycles. The van der Waals surface area contributed by atoms with E-state index in [1.165, 1.54) is 5.56 Å². The van der Waals surface area contributed by atoms with Gasteiger partial charge in [-0.3, -0.25) is 0 Å². The lowest BCUT2D eigenvalue weighted by Gasteiger charge is -1.98. The van der Waals surface area contributed by atoms with Crippen molar-refractivity contribution in [2.75, 3.05) is 5.73 Å². The highest BCUT2D eigenvalue weighted by Crippen LogP contribution is 2.22. The van der Waals surface area contributed by atoms with Crippen LogP contribution in [0.25, 0.3) is 16.9 Å². The number of nitrogen functional groups attached to an aromatic ring is 1. The summed E-state index contributed by atoms with van der Waals surface area (Å²) >= 11 is 0. The summed E-state index contributed by atoms with van der Waals surface area (Å²) in [6.45, 7) is 4.19. The third kappa shape index (κ3) is 2.08. The molecule has 0 bridgehead atoms. The van der Waals surface area contributed by atoms with E-state index in [1.807, 2.05) is 29.8 Å². The first-order chi connectivity index (χ1) is 9.17. The molecule has 0 saturated heterocycles. The number of fused-ring (bicyclic) bond motifs is 1. The molecule has 0 radical (unpaired) electrons. The van der Waals surface area contributed by atoms with E-state index in [4.69, 9.17) is 5.73 Å². The molecular weight excluding hydrogens is 234 g/mol. The minimum absolute atomic E-state index is 0.760. The molecule has 1 aromatic carbocycles. The van der Waals surface area contributed by atoms with Gasteiger partial charge in [-0.1, -0.05) is 31.2 Å². The summed E-state index contributed by atoms with van der Waals surface area (Å²) in [6, 6.07) is 10.5. The Morgan fingerprint density at radius 3 is 2.58 bits per heavy atom. The Balaban J connectivity index is 2.12. The van der Waals surface area contributed by atoms with Crippen LogP contribution >= 0.6 is 0 Å². The summed E-state index contributed by atoms with van der Waals surface area (Å²) in [5.74, 6) is 0. The van der Waals surface area contributed by atoms with Gasteiger partial charge >= 0.3 is 0 Å². The average molecular weight is 251 g/mol. The van der Waals surface area contributed by atoms with Gasteiger partial charge in [-0.25, -0.2) is 4.98 Å².